The van der Waals surface area contributed by atoms with Crippen LogP contribution in [0.4, 0.5) is 0 Å². The van der Waals surface area contributed by atoms with Crippen molar-refractivity contribution in [3.8, 4) is 5.75 Å². The Morgan fingerprint density at radius 3 is 2.86 bits per heavy atom. The minimum atomic E-state index is -0.0802. The number of fused-ring (bicyclic) bond motifs is 1. The van der Waals surface area contributed by atoms with Crippen molar-refractivity contribution in [1.82, 2.24) is 14.3 Å². The SMILES string of the molecule is CCCCCN(CCO)C(=O)c1cccc(OCc2cn3ccccc3n2)c1. The standard InChI is InChI=1S/C22H27N3O3/c1-2-3-5-11-24(13-14-26)22(27)18-8-7-9-20(15-18)28-17-19-16-25-12-6-4-10-21(25)23-19/h4,6-10,12,15-16,26H,2-3,5,11,13-14,17H2,1H3. The van der Waals surface area contributed by atoms with E-state index >= 15 is 0 Å². The van der Waals surface area contributed by atoms with Crippen LogP contribution in [-0.2, 0) is 6.61 Å². The third kappa shape index (κ3) is 5.10. The van der Waals surface area contributed by atoms with Gasteiger partial charge in [-0.2, -0.15) is 0 Å². The summed E-state index contributed by atoms with van der Waals surface area (Å²) in [6.45, 7) is 3.41. The number of amides is 1. The number of hydrogen-bond donors (Lipinski definition) is 1. The van der Waals surface area contributed by atoms with Gasteiger partial charge in [-0.25, -0.2) is 4.98 Å². The first-order valence-electron chi connectivity index (χ1n) is 9.77. The number of unbranched alkanes of at least 4 members (excludes halogenated alkanes) is 2. The third-order valence-electron chi connectivity index (χ3n) is 4.57. The van der Waals surface area contributed by atoms with Crippen LogP contribution < -0.4 is 4.74 Å². The van der Waals surface area contributed by atoms with Crippen LogP contribution in [0.1, 0.15) is 42.2 Å². The molecule has 2 aromatic heterocycles. The molecular formula is C22H27N3O3. The number of carbonyl (C=O) groups excluding carboxylic acids is 1. The molecule has 28 heavy (non-hydrogen) atoms. The van der Waals surface area contributed by atoms with E-state index in [1.807, 2.05) is 47.1 Å². The van der Waals surface area contributed by atoms with Gasteiger partial charge in [-0.05, 0) is 36.8 Å². The van der Waals surface area contributed by atoms with Crippen molar-refractivity contribution in [3.05, 3.63) is 66.1 Å². The number of imidazole rings is 1. The van der Waals surface area contributed by atoms with Crippen LogP contribution in [0.2, 0.25) is 0 Å². The molecule has 6 nitrogen and oxygen atoms in total. The van der Waals surface area contributed by atoms with Crippen molar-refractivity contribution in [1.29, 1.82) is 0 Å². The number of aromatic nitrogens is 2. The number of ether oxygens (including phenoxy) is 1. The average Bonchev–Trinajstić information content (AvgIpc) is 3.14. The highest BCUT2D eigenvalue weighted by atomic mass is 16.5. The molecule has 1 N–H and O–H groups in total. The summed E-state index contributed by atoms with van der Waals surface area (Å²) < 4.78 is 7.80. The van der Waals surface area contributed by atoms with Gasteiger partial charge in [-0.1, -0.05) is 31.9 Å². The fourth-order valence-corrected chi connectivity index (χ4v) is 3.10. The molecule has 0 aliphatic heterocycles. The molecule has 0 spiro atoms. The van der Waals surface area contributed by atoms with Crippen LogP contribution in [-0.4, -0.2) is 45.0 Å². The van der Waals surface area contributed by atoms with E-state index in [-0.39, 0.29) is 12.5 Å². The van der Waals surface area contributed by atoms with E-state index in [0.29, 0.717) is 31.0 Å². The number of aliphatic hydroxyl groups is 1. The first kappa shape index (κ1) is 19.9. The Balaban J connectivity index is 1.65. The highest BCUT2D eigenvalue weighted by Crippen LogP contribution is 2.17. The molecule has 0 saturated carbocycles. The molecule has 0 saturated heterocycles. The molecule has 1 amide bonds. The molecule has 2 heterocycles. The maximum Gasteiger partial charge on any atom is 0.254 e. The van der Waals surface area contributed by atoms with Gasteiger partial charge in [0.2, 0.25) is 0 Å². The minimum absolute atomic E-state index is 0.0397. The van der Waals surface area contributed by atoms with E-state index in [4.69, 9.17) is 4.74 Å². The molecule has 0 unspecified atom stereocenters. The molecule has 0 radical (unpaired) electrons. The fourth-order valence-electron chi connectivity index (χ4n) is 3.10. The van der Waals surface area contributed by atoms with Crippen molar-refractivity contribution in [2.75, 3.05) is 19.7 Å². The molecule has 0 aliphatic carbocycles. The molecule has 148 valence electrons. The van der Waals surface area contributed by atoms with E-state index in [0.717, 1.165) is 30.6 Å². The molecule has 0 atom stereocenters. The third-order valence-corrected chi connectivity index (χ3v) is 4.57. The predicted octanol–water partition coefficient (Wildman–Crippen LogP) is 3.54. The summed E-state index contributed by atoms with van der Waals surface area (Å²) in [5.74, 6) is 0.545. The zero-order chi connectivity index (χ0) is 19.8. The maximum absolute atomic E-state index is 12.8. The molecule has 1 aromatic carbocycles. The van der Waals surface area contributed by atoms with Gasteiger partial charge in [0.1, 0.15) is 18.0 Å². The second-order valence-corrected chi connectivity index (χ2v) is 6.74. The van der Waals surface area contributed by atoms with Crippen LogP contribution in [0.15, 0.2) is 54.9 Å². The highest BCUT2D eigenvalue weighted by molar-refractivity contribution is 5.94. The topological polar surface area (TPSA) is 67.1 Å². The van der Waals surface area contributed by atoms with Crippen LogP contribution in [0.5, 0.6) is 5.75 Å². The monoisotopic (exact) mass is 381 g/mol. The van der Waals surface area contributed by atoms with Crippen LogP contribution in [0, 0.1) is 0 Å². The zero-order valence-corrected chi connectivity index (χ0v) is 16.3. The van der Waals surface area contributed by atoms with Gasteiger partial charge in [0.25, 0.3) is 5.91 Å². The molecule has 3 aromatic rings. The predicted molar refractivity (Wildman–Crippen MR) is 108 cm³/mol. The Bertz CT molecular complexity index is 874. The van der Waals surface area contributed by atoms with Crippen molar-refractivity contribution < 1.29 is 14.6 Å². The molecule has 0 bridgehead atoms. The van der Waals surface area contributed by atoms with Crippen molar-refractivity contribution in [2.24, 2.45) is 0 Å². The smallest absolute Gasteiger partial charge is 0.254 e. The van der Waals surface area contributed by atoms with Gasteiger partial charge >= 0.3 is 0 Å². The van der Waals surface area contributed by atoms with Crippen LogP contribution in [0.25, 0.3) is 5.65 Å². The summed E-state index contributed by atoms with van der Waals surface area (Å²) in [6, 6.07) is 13.0. The quantitative estimate of drug-likeness (QED) is 0.546. The number of benzene rings is 1. The van der Waals surface area contributed by atoms with E-state index < -0.39 is 0 Å². The molecular weight excluding hydrogens is 354 g/mol. The van der Waals surface area contributed by atoms with Crippen molar-refractivity contribution >= 4 is 11.6 Å². The molecule has 3 rings (SSSR count). The normalized spacial score (nSPS) is 10.9. The lowest BCUT2D eigenvalue weighted by molar-refractivity contribution is 0.0718. The van der Waals surface area contributed by atoms with Crippen molar-refractivity contribution in [3.63, 3.8) is 0 Å². The van der Waals surface area contributed by atoms with Gasteiger partial charge in [-0.15, -0.1) is 0 Å². The lowest BCUT2D eigenvalue weighted by Gasteiger charge is -2.22. The summed E-state index contributed by atoms with van der Waals surface area (Å²) in [4.78, 5) is 19.0. The maximum atomic E-state index is 12.8. The lowest BCUT2D eigenvalue weighted by Crippen LogP contribution is -2.34. The number of rotatable bonds is 10. The number of aliphatic hydroxyl groups excluding tert-OH is 1. The fraction of sp³-hybridized carbons (Fsp3) is 0.364. The molecule has 0 aliphatic rings. The van der Waals surface area contributed by atoms with Gasteiger partial charge in [0.05, 0.1) is 12.3 Å². The second kappa shape index (κ2) is 9.90. The lowest BCUT2D eigenvalue weighted by atomic mass is 10.1. The summed E-state index contributed by atoms with van der Waals surface area (Å²) in [6.07, 6.45) is 6.97. The zero-order valence-electron chi connectivity index (χ0n) is 16.3. The molecule has 0 fully saturated rings. The molecule has 6 heteroatoms. The van der Waals surface area contributed by atoms with Gasteiger partial charge in [0, 0.05) is 31.0 Å². The van der Waals surface area contributed by atoms with Gasteiger partial charge < -0.3 is 19.1 Å². The minimum Gasteiger partial charge on any atom is -0.487 e. The van der Waals surface area contributed by atoms with E-state index in [2.05, 4.69) is 11.9 Å². The van der Waals surface area contributed by atoms with Crippen molar-refractivity contribution in [2.45, 2.75) is 32.8 Å². The number of hydrogen-bond acceptors (Lipinski definition) is 4. The summed E-state index contributed by atoms with van der Waals surface area (Å²) in [5, 5.41) is 9.29. The Morgan fingerprint density at radius 2 is 2.07 bits per heavy atom. The summed E-state index contributed by atoms with van der Waals surface area (Å²) >= 11 is 0. The highest BCUT2D eigenvalue weighted by Gasteiger charge is 2.15. The Labute approximate surface area is 165 Å². The van der Waals surface area contributed by atoms with Gasteiger partial charge in [0.15, 0.2) is 0 Å². The van der Waals surface area contributed by atoms with Crippen LogP contribution >= 0.6 is 0 Å². The number of carbonyl (C=O) groups is 1. The average molecular weight is 381 g/mol. The van der Waals surface area contributed by atoms with E-state index in [1.54, 1.807) is 17.0 Å². The Kier molecular flexibility index (Phi) is 7.03. The largest absolute Gasteiger partial charge is 0.487 e. The first-order chi connectivity index (χ1) is 13.7. The van der Waals surface area contributed by atoms with Gasteiger partial charge in [-0.3, -0.25) is 4.79 Å². The number of nitrogens with zero attached hydrogens (tertiary/aromatic N) is 3. The Morgan fingerprint density at radius 1 is 1.18 bits per heavy atom. The first-order valence-corrected chi connectivity index (χ1v) is 9.77. The Hall–Kier alpha value is -2.86. The summed E-state index contributed by atoms with van der Waals surface area (Å²) in [5.41, 5.74) is 2.26. The summed E-state index contributed by atoms with van der Waals surface area (Å²) in [7, 11) is 0. The van der Waals surface area contributed by atoms with E-state index in [9.17, 15) is 9.90 Å². The number of pyridine rings is 1. The van der Waals surface area contributed by atoms with E-state index in [1.165, 1.54) is 0 Å². The van der Waals surface area contributed by atoms with Crippen LogP contribution in [0.3, 0.4) is 0 Å². The second-order valence-electron chi connectivity index (χ2n) is 6.74.